The molecular formula is C17H19N3O4. The van der Waals surface area contributed by atoms with Gasteiger partial charge in [0, 0.05) is 23.8 Å². The first-order chi connectivity index (χ1) is 11.6. The summed E-state index contributed by atoms with van der Waals surface area (Å²) < 4.78 is 11.0. The summed E-state index contributed by atoms with van der Waals surface area (Å²) in [7, 11) is 0. The first-order valence-electron chi connectivity index (χ1n) is 7.93. The summed E-state index contributed by atoms with van der Waals surface area (Å²) in [5.74, 6) is 0.741. The summed E-state index contributed by atoms with van der Waals surface area (Å²) in [5.41, 5.74) is 0.0395. The number of ether oxygens (including phenoxy) is 1. The van der Waals surface area contributed by atoms with Gasteiger partial charge in [-0.1, -0.05) is 17.8 Å². The minimum atomic E-state index is -1.05. The topological polar surface area (TPSA) is 98.3 Å². The van der Waals surface area contributed by atoms with Crippen LogP contribution in [0.2, 0.25) is 0 Å². The molecule has 7 heteroatoms. The van der Waals surface area contributed by atoms with Crippen molar-refractivity contribution >= 4 is 5.97 Å². The molecule has 0 aromatic carbocycles. The van der Waals surface area contributed by atoms with E-state index in [4.69, 9.17) is 14.4 Å². The molecule has 24 heavy (non-hydrogen) atoms. The van der Waals surface area contributed by atoms with E-state index < -0.39 is 5.97 Å². The van der Waals surface area contributed by atoms with Gasteiger partial charge in [-0.05, 0) is 31.7 Å². The average molecular weight is 329 g/mol. The molecule has 0 saturated heterocycles. The normalized spacial score (nSPS) is 20.5. The van der Waals surface area contributed by atoms with Crippen molar-refractivity contribution < 1.29 is 19.2 Å². The SMILES string of the molecule is C=C(Cc1nc(C2CCC(Oc3ccccn3)CC2)no1)C(=O)O. The van der Waals surface area contributed by atoms with E-state index in [1.54, 1.807) is 6.20 Å². The maximum absolute atomic E-state index is 10.8. The van der Waals surface area contributed by atoms with Crippen LogP contribution in [0.3, 0.4) is 0 Å². The third-order valence-electron chi connectivity index (χ3n) is 4.12. The Morgan fingerprint density at radius 3 is 2.79 bits per heavy atom. The molecule has 0 spiro atoms. The van der Waals surface area contributed by atoms with Crippen LogP contribution in [0.1, 0.15) is 43.3 Å². The number of rotatable bonds is 6. The maximum atomic E-state index is 10.8. The van der Waals surface area contributed by atoms with Gasteiger partial charge in [0.2, 0.25) is 11.8 Å². The summed E-state index contributed by atoms with van der Waals surface area (Å²) in [6.45, 7) is 3.47. The molecule has 7 nitrogen and oxygen atoms in total. The lowest BCUT2D eigenvalue weighted by atomic mass is 9.87. The number of pyridine rings is 1. The Balaban J connectivity index is 1.52. The number of aromatic nitrogens is 3. The molecule has 3 rings (SSSR count). The van der Waals surface area contributed by atoms with Gasteiger partial charge < -0.3 is 14.4 Å². The largest absolute Gasteiger partial charge is 0.478 e. The lowest BCUT2D eigenvalue weighted by Gasteiger charge is -2.26. The molecule has 1 aliphatic carbocycles. The number of carboxylic acid groups (broad SMARTS) is 1. The Kier molecular flexibility index (Phi) is 4.88. The van der Waals surface area contributed by atoms with Crippen LogP contribution in [0, 0.1) is 0 Å². The van der Waals surface area contributed by atoms with E-state index in [2.05, 4.69) is 21.7 Å². The van der Waals surface area contributed by atoms with Crippen molar-refractivity contribution in [3.05, 3.63) is 48.3 Å². The minimum Gasteiger partial charge on any atom is -0.478 e. The molecule has 2 heterocycles. The van der Waals surface area contributed by atoms with Gasteiger partial charge in [0.1, 0.15) is 6.10 Å². The van der Waals surface area contributed by atoms with Crippen molar-refractivity contribution in [2.24, 2.45) is 0 Å². The fourth-order valence-corrected chi connectivity index (χ4v) is 2.79. The Hall–Kier alpha value is -2.70. The molecule has 0 amide bonds. The van der Waals surface area contributed by atoms with Crippen molar-refractivity contribution in [3.8, 4) is 5.88 Å². The van der Waals surface area contributed by atoms with Crippen LogP contribution in [0.15, 0.2) is 41.1 Å². The van der Waals surface area contributed by atoms with Gasteiger partial charge in [-0.2, -0.15) is 4.98 Å². The zero-order valence-electron chi connectivity index (χ0n) is 13.2. The van der Waals surface area contributed by atoms with Crippen LogP contribution in [0.5, 0.6) is 5.88 Å². The van der Waals surface area contributed by atoms with E-state index in [-0.39, 0.29) is 24.0 Å². The van der Waals surface area contributed by atoms with Gasteiger partial charge >= 0.3 is 5.97 Å². The molecule has 0 unspecified atom stereocenters. The van der Waals surface area contributed by atoms with Crippen LogP contribution in [0.25, 0.3) is 0 Å². The van der Waals surface area contributed by atoms with Crippen LogP contribution in [-0.4, -0.2) is 32.3 Å². The van der Waals surface area contributed by atoms with Gasteiger partial charge in [0.05, 0.1) is 6.42 Å². The van der Waals surface area contributed by atoms with Gasteiger partial charge in [-0.15, -0.1) is 0 Å². The summed E-state index contributed by atoms with van der Waals surface area (Å²) in [6, 6.07) is 5.61. The Morgan fingerprint density at radius 1 is 1.33 bits per heavy atom. The summed E-state index contributed by atoms with van der Waals surface area (Å²) in [6.07, 6.45) is 5.52. The van der Waals surface area contributed by atoms with E-state index in [0.29, 0.717) is 17.6 Å². The second-order valence-corrected chi connectivity index (χ2v) is 5.89. The maximum Gasteiger partial charge on any atom is 0.331 e. The predicted molar refractivity (Wildman–Crippen MR) is 84.6 cm³/mol. The van der Waals surface area contributed by atoms with E-state index >= 15 is 0 Å². The highest BCUT2D eigenvalue weighted by molar-refractivity contribution is 5.86. The minimum absolute atomic E-state index is 0.0395. The Bertz CT molecular complexity index is 706. The molecule has 2 aromatic heterocycles. The second kappa shape index (κ2) is 7.25. The lowest BCUT2D eigenvalue weighted by molar-refractivity contribution is -0.132. The van der Waals surface area contributed by atoms with Crippen LogP contribution in [-0.2, 0) is 11.2 Å². The number of carboxylic acids is 1. The third kappa shape index (κ3) is 3.98. The highest BCUT2D eigenvalue weighted by atomic mass is 16.5. The van der Waals surface area contributed by atoms with Crippen molar-refractivity contribution in [2.45, 2.75) is 44.1 Å². The van der Waals surface area contributed by atoms with Gasteiger partial charge in [0.15, 0.2) is 5.82 Å². The molecule has 126 valence electrons. The number of hydrogen-bond donors (Lipinski definition) is 1. The Morgan fingerprint density at radius 2 is 2.12 bits per heavy atom. The number of nitrogens with zero attached hydrogens (tertiary/aromatic N) is 3. The van der Waals surface area contributed by atoms with Gasteiger partial charge in [-0.3, -0.25) is 0 Å². The molecule has 0 radical (unpaired) electrons. The van der Waals surface area contributed by atoms with E-state index in [1.165, 1.54) is 0 Å². The van der Waals surface area contributed by atoms with E-state index in [9.17, 15) is 4.79 Å². The first kappa shape index (κ1) is 16.2. The zero-order chi connectivity index (χ0) is 16.9. The predicted octanol–water partition coefficient (Wildman–Crippen LogP) is 2.75. The quantitative estimate of drug-likeness (QED) is 0.814. The zero-order valence-corrected chi connectivity index (χ0v) is 13.2. The van der Waals surface area contributed by atoms with E-state index in [0.717, 1.165) is 25.7 Å². The molecule has 0 aliphatic heterocycles. The van der Waals surface area contributed by atoms with E-state index in [1.807, 2.05) is 18.2 Å². The highest BCUT2D eigenvalue weighted by Gasteiger charge is 2.27. The summed E-state index contributed by atoms with van der Waals surface area (Å²) >= 11 is 0. The molecular weight excluding hydrogens is 310 g/mol. The first-order valence-corrected chi connectivity index (χ1v) is 7.93. The molecule has 1 saturated carbocycles. The van der Waals surface area contributed by atoms with Gasteiger partial charge in [-0.25, -0.2) is 9.78 Å². The Labute approximate surface area is 139 Å². The molecule has 1 N–H and O–H groups in total. The van der Waals surface area contributed by atoms with Crippen molar-refractivity contribution in [2.75, 3.05) is 0 Å². The fraction of sp³-hybridized carbons (Fsp3) is 0.412. The second-order valence-electron chi connectivity index (χ2n) is 5.89. The molecule has 0 bridgehead atoms. The van der Waals surface area contributed by atoms with Crippen LogP contribution in [0.4, 0.5) is 0 Å². The number of hydrogen-bond acceptors (Lipinski definition) is 6. The fourth-order valence-electron chi connectivity index (χ4n) is 2.79. The number of aliphatic carboxylic acids is 1. The van der Waals surface area contributed by atoms with Crippen LogP contribution < -0.4 is 4.74 Å². The monoisotopic (exact) mass is 329 g/mol. The van der Waals surface area contributed by atoms with Crippen molar-refractivity contribution in [1.29, 1.82) is 0 Å². The molecule has 1 aliphatic rings. The molecule has 2 aromatic rings. The smallest absolute Gasteiger partial charge is 0.331 e. The average Bonchev–Trinajstić information content (AvgIpc) is 3.05. The van der Waals surface area contributed by atoms with Crippen molar-refractivity contribution in [3.63, 3.8) is 0 Å². The van der Waals surface area contributed by atoms with Gasteiger partial charge in [0.25, 0.3) is 0 Å². The standard InChI is InChI=1S/C17H19N3O4/c1-11(17(21)22)10-15-19-16(20-24-15)12-5-7-13(8-6-12)23-14-4-2-3-9-18-14/h2-4,9,12-13H,1,5-8,10H2,(H,21,22). The number of carbonyl (C=O) groups is 1. The third-order valence-corrected chi connectivity index (χ3v) is 4.12. The summed E-state index contributed by atoms with van der Waals surface area (Å²) in [5, 5.41) is 12.8. The lowest BCUT2D eigenvalue weighted by Crippen LogP contribution is -2.24. The molecule has 1 fully saturated rings. The van der Waals surface area contributed by atoms with Crippen molar-refractivity contribution in [1.82, 2.24) is 15.1 Å². The molecule has 0 atom stereocenters. The van der Waals surface area contributed by atoms with Crippen LogP contribution >= 0.6 is 0 Å². The summed E-state index contributed by atoms with van der Waals surface area (Å²) in [4.78, 5) is 19.3. The highest BCUT2D eigenvalue weighted by Crippen LogP contribution is 2.33.